The molecule has 1 atom stereocenters. The largest absolute Gasteiger partial charge is 0.369 e. The third-order valence-electron chi connectivity index (χ3n) is 4.59. The van der Waals surface area contributed by atoms with E-state index in [0.717, 1.165) is 29.8 Å². The first-order chi connectivity index (χ1) is 12.2. The van der Waals surface area contributed by atoms with Crippen LogP contribution in [0.25, 0.3) is 0 Å². The Balaban J connectivity index is 0.00000243. The van der Waals surface area contributed by atoms with Crippen LogP contribution in [-0.4, -0.2) is 37.1 Å². The van der Waals surface area contributed by atoms with Gasteiger partial charge in [-0.1, -0.05) is 18.2 Å². The second-order valence-electron chi connectivity index (χ2n) is 6.44. The lowest BCUT2D eigenvalue weighted by Crippen LogP contribution is -2.51. The van der Waals surface area contributed by atoms with E-state index < -0.39 is 0 Å². The number of nitrogens with one attached hydrogen (secondary N) is 2. The molecule has 7 heteroatoms. The van der Waals surface area contributed by atoms with Crippen LogP contribution in [0.4, 0.5) is 5.69 Å². The average Bonchev–Trinajstić information content (AvgIpc) is 2.97. The van der Waals surface area contributed by atoms with E-state index in [1.807, 2.05) is 7.05 Å². The molecule has 0 bridgehead atoms. The summed E-state index contributed by atoms with van der Waals surface area (Å²) in [5.74, 6) is 0.852. The standard InChI is InChI=1S/C19H27N5S.HI/c1-14-15(2)25-18(22-14)12-21-19(20-3)23-16-8-7-11-24(13-16)17-9-5-4-6-10-17;/h4-6,9-10,16H,7-8,11-13H2,1-3H3,(H2,20,21,23);1H. The highest BCUT2D eigenvalue weighted by atomic mass is 127. The van der Waals surface area contributed by atoms with Gasteiger partial charge in [0, 0.05) is 36.7 Å². The zero-order valence-electron chi connectivity index (χ0n) is 15.7. The summed E-state index contributed by atoms with van der Waals surface area (Å²) in [6, 6.07) is 11.0. The van der Waals surface area contributed by atoms with Gasteiger partial charge in [0.1, 0.15) is 5.01 Å². The molecule has 1 aromatic heterocycles. The Morgan fingerprint density at radius 3 is 2.73 bits per heavy atom. The Hall–Kier alpha value is -1.35. The number of hydrogen-bond acceptors (Lipinski definition) is 4. The van der Waals surface area contributed by atoms with Crippen molar-refractivity contribution >= 4 is 47.0 Å². The van der Waals surface area contributed by atoms with Gasteiger partial charge in [0.15, 0.2) is 5.96 Å². The third-order valence-corrected chi connectivity index (χ3v) is 5.66. The van der Waals surface area contributed by atoms with Crippen LogP contribution in [0.5, 0.6) is 0 Å². The van der Waals surface area contributed by atoms with Crippen molar-refractivity contribution in [1.29, 1.82) is 0 Å². The Bertz CT molecular complexity index is 696. The second-order valence-corrected chi connectivity index (χ2v) is 7.73. The molecule has 0 radical (unpaired) electrons. The molecule has 0 saturated carbocycles. The lowest BCUT2D eigenvalue weighted by molar-refractivity contribution is 0.468. The molecule has 1 aliphatic rings. The molecule has 1 saturated heterocycles. The quantitative estimate of drug-likeness (QED) is 0.394. The van der Waals surface area contributed by atoms with Crippen LogP contribution in [0.15, 0.2) is 35.3 Å². The normalized spacial score (nSPS) is 17.6. The molecule has 0 amide bonds. The minimum absolute atomic E-state index is 0. The molecule has 0 aliphatic carbocycles. The summed E-state index contributed by atoms with van der Waals surface area (Å²) in [4.78, 5) is 12.7. The molecule has 26 heavy (non-hydrogen) atoms. The Labute approximate surface area is 177 Å². The molecular weight excluding hydrogens is 457 g/mol. The van der Waals surface area contributed by atoms with Crippen molar-refractivity contribution < 1.29 is 0 Å². The number of anilines is 1. The van der Waals surface area contributed by atoms with Crippen molar-refractivity contribution in [3.8, 4) is 0 Å². The van der Waals surface area contributed by atoms with Crippen molar-refractivity contribution in [3.63, 3.8) is 0 Å². The fraction of sp³-hybridized carbons (Fsp3) is 0.474. The fourth-order valence-electron chi connectivity index (χ4n) is 3.13. The van der Waals surface area contributed by atoms with E-state index in [0.29, 0.717) is 12.6 Å². The first-order valence-corrected chi connectivity index (χ1v) is 9.67. The van der Waals surface area contributed by atoms with Gasteiger partial charge >= 0.3 is 0 Å². The molecule has 2 N–H and O–H groups in total. The minimum atomic E-state index is 0. The summed E-state index contributed by atoms with van der Waals surface area (Å²) >= 11 is 1.75. The molecule has 2 heterocycles. The van der Waals surface area contributed by atoms with Gasteiger partial charge < -0.3 is 15.5 Å². The number of nitrogens with zero attached hydrogens (tertiary/aromatic N) is 3. The highest BCUT2D eigenvalue weighted by Crippen LogP contribution is 2.19. The fourth-order valence-corrected chi connectivity index (χ4v) is 4.00. The van der Waals surface area contributed by atoms with Crippen molar-refractivity contribution in [3.05, 3.63) is 45.9 Å². The van der Waals surface area contributed by atoms with Crippen LogP contribution in [0.3, 0.4) is 0 Å². The van der Waals surface area contributed by atoms with Gasteiger partial charge in [-0.25, -0.2) is 4.98 Å². The minimum Gasteiger partial charge on any atom is -0.369 e. The first-order valence-electron chi connectivity index (χ1n) is 8.86. The number of aryl methyl sites for hydroxylation is 2. The van der Waals surface area contributed by atoms with E-state index in [-0.39, 0.29) is 24.0 Å². The summed E-state index contributed by atoms with van der Waals surface area (Å²) < 4.78 is 0. The van der Waals surface area contributed by atoms with Crippen LogP contribution in [-0.2, 0) is 6.54 Å². The maximum Gasteiger partial charge on any atom is 0.191 e. The van der Waals surface area contributed by atoms with Gasteiger partial charge in [-0.3, -0.25) is 4.99 Å². The van der Waals surface area contributed by atoms with Gasteiger partial charge in [0.05, 0.1) is 12.2 Å². The van der Waals surface area contributed by atoms with E-state index >= 15 is 0 Å². The van der Waals surface area contributed by atoms with Crippen LogP contribution >= 0.6 is 35.3 Å². The summed E-state index contributed by atoms with van der Waals surface area (Å²) in [5, 5.41) is 8.07. The molecule has 1 aliphatic heterocycles. The molecule has 5 nitrogen and oxygen atoms in total. The zero-order valence-corrected chi connectivity index (χ0v) is 18.8. The van der Waals surface area contributed by atoms with E-state index in [4.69, 9.17) is 0 Å². The second kappa shape index (κ2) is 10.1. The van der Waals surface area contributed by atoms with Crippen LogP contribution in [0, 0.1) is 13.8 Å². The van der Waals surface area contributed by atoms with Gasteiger partial charge in [0.25, 0.3) is 0 Å². The number of benzene rings is 1. The number of halogens is 1. The predicted octanol–water partition coefficient (Wildman–Crippen LogP) is 3.71. The lowest BCUT2D eigenvalue weighted by Gasteiger charge is -2.35. The maximum absolute atomic E-state index is 4.58. The number of piperidine rings is 1. The number of rotatable bonds is 4. The molecule has 1 fully saturated rings. The van der Waals surface area contributed by atoms with E-state index in [2.05, 4.69) is 69.7 Å². The monoisotopic (exact) mass is 485 g/mol. The highest BCUT2D eigenvalue weighted by Gasteiger charge is 2.21. The summed E-state index contributed by atoms with van der Waals surface area (Å²) in [7, 11) is 1.82. The van der Waals surface area contributed by atoms with Crippen LogP contribution < -0.4 is 15.5 Å². The zero-order chi connectivity index (χ0) is 17.6. The summed E-state index contributed by atoms with van der Waals surface area (Å²) in [6.45, 7) is 7.01. The summed E-state index contributed by atoms with van der Waals surface area (Å²) in [6.07, 6.45) is 2.36. The Morgan fingerprint density at radius 1 is 1.31 bits per heavy atom. The average molecular weight is 485 g/mol. The molecule has 2 aromatic rings. The van der Waals surface area contributed by atoms with Gasteiger partial charge in [-0.15, -0.1) is 35.3 Å². The number of aliphatic imine (C=N–C) groups is 1. The Morgan fingerprint density at radius 2 is 2.08 bits per heavy atom. The SMILES string of the molecule is CN=C(NCc1nc(C)c(C)s1)NC1CCCN(c2ccccc2)C1.I. The number of aromatic nitrogens is 1. The molecule has 0 spiro atoms. The van der Waals surface area contributed by atoms with Crippen molar-refractivity contribution in [2.45, 2.75) is 39.3 Å². The van der Waals surface area contributed by atoms with E-state index in [9.17, 15) is 0 Å². The number of guanidine groups is 1. The third kappa shape index (κ3) is 5.57. The highest BCUT2D eigenvalue weighted by molar-refractivity contribution is 14.0. The van der Waals surface area contributed by atoms with Crippen molar-refractivity contribution in [2.75, 3.05) is 25.0 Å². The van der Waals surface area contributed by atoms with E-state index in [1.165, 1.54) is 23.4 Å². The Kier molecular flexibility index (Phi) is 8.15. The van der Waals surface area contributed by atoms with Crippen molar-refractivity contribution in [2.24, 2.45) is 4.99 Å². The summed E-state index contributed by atoms with van der Waals surface area (Å²) in [5.41, 5.74) is 2.42. The van der Waals surface area contributed by atoms with Gasteiger partial charge in [-0.05, 0) is 38.8 Å². The van der Waals surface area contributed by atoms with Gasteiger partial charge in [-0.2, -0.15) is 0 Å². The topological polar surface area (TPSA) is 52.6 Å². The molecular formula is C19H28IN5S. The molecule has 142 valence electrons. The lowest BCUT2D eigenvalue weighted by atomic mass is 10.1. The predicted molar refractivity (Wildman–Crippen MR) is 122 cm³/mol. The van der Waals surface area contributed by atoms with Crippen molar-refractivity contribution in [1.82, 2.24) is 15.6 Å². The van der Waals surface area contributed by atoms with Crippen LogP contribution in [0.2, 0.25) is 0 Å². The van der Waals surface area contributed by atoms with Crippen LogP contribution in [0.1, 0.15) is 28.4 Å². The van der Waals surface area contributed by atoms with Gasteiger partial charge in [0.2, 0.25) is 0 Å². The molecule has 1 aromatic carbocycles. The molecule has 3 rings (SSSR count). The van der Waals surface area contributed by atoms with E-state index in [1.54, 1.807) is 11.3 Å². The molecule has 1 unspecified atom stereocenters. The number of hydrogen-bond donors (Lipinski definition) is 2. The number of para-hydroxylation sites is 1. The maximum atomic E-state index is 4.58. The first kappa shape index (κ1) is 21.0. The number of thiazole rings is 1. The smallest absolute Gasteiger partial charge is 0.191 e.